The molecule has 5 heterocycles. The molecule has 6 aliphatic rings. The number of nitrogens with one attached hydrogen (secondary N) is 7. The third-order valence-corrected chi connectivity index (χ3v) is 20.5. The number of carboxylic acids is 1. The number of anilines is 3. The molecule has 97 heavy (non-hydrogen) atoms. The fourth-order valence-corrected chi connectivity index (χ4v) is 17.2. The van der Waals surface area contributed by atoms with Crippen molar-refractivity contribution in [2.24, 2.45) is 27.9 Å². The first kappa shape index (κ1) is 68.8. The SMILES string of the molecule is Cc1c(-c2ccc(N3CCc4cccc(C(=O)Nc5nc6ccccc6s5)c4C3)nc2C(=O)O)cnn1CC12CC3(C)CC(C)(C1)CC(NCCNC(=O)OCc1ccc(NC(=O)[C@H](CCCNC(N)=O)NC(=O)[C@@H](NC(=O)CCCCCN4C(=O)C=CC4=O)C(C)C)cc1)(C3)C2. The minimum absolute atomic E-state index is 0.0397. The van der Waals surface area contributed by atoms with Crippen LogP contribution in [0.4, 0.5) is 26.2 Å². The third-order valence-electron chi connectivity index (χ3n) is 19.6. The van der Waals surface area contributed by atoms with Crippen molar-refractivity contribution in [2.75, 3.05) is 48.3 Å². The van der Waals surface area contributed by atoms with Gasteiger partial charge in [0.05, 0.1) is 16.4 Å². The molecule has 4 aliphatic carbocycles. The fourth-order valence-electron chi connectivity index (χ4n) is 16.4. The molecule has 4 bridgehead atoms. The number of ether oxygens (including phenoxy) is 1. The highest BCUT2D eigenvalue weighted by Crippen LogP contribution is 2.71. The molecule has 2 aliphatic heterocycles. The predicted molar refractivity (Wildman–Crippen MR) is 366 cm³/mol. The number of nitrogens with two attached hydrogens (primary N) is 1. The van der Waals surface area contributed by atoms with E-state index in [1.54, 1.807) is 44.3 Å². The number of nitrogens with zero attached hydrogens (tertiary/aromatic N) is 6. The minimum Gasteiger partial charge on any atom is -0.476 e. The number of hydrogen-bond acceptors (Lipinski definition) is 16. The summed E-state index contributed by atoms with van der Waals surface area (Å²) in [5, 5.41) is 36.9. The molecule has 0 saturated heterocycles. The van der Waals surface area contributed by atoms with Crippen molar-refractivity contribution < 1.29 is 53.0 Å². The maximum Gasteiger partial charge on any atom is 0.407 e. The number of unbranched alkanes of at least 4 members (excludes halogenated alkanes) is 2. The van der Waals surface area contributed by atoms with E-state index in [0.29, 0.717) is 104 Å². The average molecular weight is 1340 g/mol. The third kappa shape index (κ3) is 16.3. The summed E-state index contributed by atoms with van der Waals surface area (Å²) in [7, 11) is 0. The van der Waals surface area contributed by atoms with Crippen LogP contribution in [0.25, 0.3) is 21.3 Å². The normalized spacial score (nSPS) is 21.3. The maximum absolute atomic E-state index is 13.8. The quantitative estimate of drug-likeness (QED) is 0.0157. The van der Waals surface area contributed by atoms with Gasteiger partial charge in [0.2, 0.25) is 17.7 Å². The van der Waals surface area contributed by atoms with E-state index in [9.17, 15) is 48.3 Å². The van der Waals surface area contributed by atoms with E-state index < -0.39 is 42.0 Å². The Hall–Kier alpha value is -9.56. The average Bonchev–Trinajstić information content (AvgIpc) is 0.813. The zero-order valence-electron chi connectivity index (χ0n) is 55.5. The summed E-state index contributed by atoms with van der Waals surface area (Å²) in [4.78, 5) is 128. The molecule has 4 fully saturated rings. The number of pyridine rings is 1. The molecule has 0 radical (unpaired) electrons. The fraction of sp³-hybridized carbons (Fsp3) is 0.465. The topological polar surface area (TPSA) is 343 Å². The van der Waals surface area contributed by atoms with Gasteiger partial charge in [0.25, 0.3) is 17.7 Å². The van der Waals surface area contributed by atoms with E-state index in [0.717, 1.165) is 70.5 Å². The van der Waals surface area contributed by atoms with Crippen molar-refractivity contribution in [3.8, 4) is 11.1 Å². The predicted octanol–water partition coefficient (Wildman–Crippen LogP) is 8.51. The number of para-hydroxylation sites is 1. The van der Waals surface area contributed by atoms with Crippen molar-refractivity contribution >= 4 is 91.7 Å². The van der Waals surface area contributed by atoms with Crippen molar-refractivity contribution in [1.29, 1.82) is 0 Å². The Bertz CT molecular complexity index is 3980. The van der Waals surface area contributed by atoms with Gasteiger partial charge in [-0.15, -0.1) is 0 Å². The van der Waals surface area contributed by atoms with Crippen LogP contribution in [-0.4, -0.2) is 134 Å². The van der Waals surface area contributed by atoms with Crippen LogP contribution in [0, 0.1) is 29.1 Å². The molecule has 4 saturated carbocycles. The summed E-state index contributed by atoms with van der Waals surface area (Å²) in [6, 6.07) is 21.1. The van der Waals surface area contributed by atoms with E-state index in [4.69, 9.17) is 20.6 Å². The summed E-state index contributed by atoms with van der Waals surface area (Å²) in [5.74, 6) is -3.41. The van der Waals surface area contributed by atoms with E-state index >= 15 is 0 Å². The molecule has 9 amide bonds. The maximum atomic E-state index is 13.8. The molecule has 0 spiro atoms. The zero-order chi connectivity index (χ0) is 68.8. The van der Waals surface area contributed by atoms with Gasteiger partial charge >= 0.3 is 18.1 Å². The Labute approximate surface area is 566 Å². The molecular weight excluding hydrogens is 1260 g/mol. The second-order valence-electron chi connectivity index (χ2n) is 28.1. The van der Waals surface area contributed by atoms with Crippen molar-refractivity contribution in [3.63, 3.8) is 0 Å². The number of urea groups is 1. The van der Waals surface area contributed by atoms with Gasteiger partial charge in [-0.1, -0.05) is 81.9 Å². The lowest BCUT2D eigenvalue weighted by molar-refractivity contribution is -0.171. The number of carbonyl (C=O) groups is 9. The number of benzene rings is 3. The van der Waals surface area contributed by atoms with Crippen molar-refractivity contribution in [2.45, 2.75) is 155 Å². The highest BCUT2D eigenvalue weighted by Gasteiger charge is 2.65. The van der Waals surface area contributed by atoms with Gasteiger partial charge in [-0.05, 0) is 159 Å². The van der Waals surface area contributed by atoms with Crippen LogP contribution in [0.3, 0.4) is 0 Å². The molecule has 2 unspecified atom stereocenters. The Kier molecular flexibility index (Phi) is 20.6. The summed E-state index contributed by atoms with van der Waals surface area (Å²) in [6.07, 6.45) is 12.5. The van der Waals surface area contributed by atoms with Crippen LogP contribution in [0.2, 0.25) is 0 Å². The number of rotatable bonds is 29. The number of hydrogen-bond donors (Lipinski definition) is 9. The van der Waals surface area contributed by atoms with Crippen LogP contribution in [0.5, 0.6) is 0 Å². The zero-order valence-corrected chi connectivity index (χ0v) is 56.3. The lowest BCUT2D eigenvalue weighted by Gasteiger charge is -2.70. The van der Waals surface area contributed by atoms with Crippen molar-refractivity contribution in [3.05, 3.63) is 131 Å². The van der Waals surface area contributed by atoms with Crippen LogP contribution in [0.15, 0.2) is 97.2 Å². The molecule has 3 aromatic carbocycles. The number of carbonyl (C=O) groups excluding carboxylic acids is 8. The summed E-state index contributed by atoms with van der Waals surface area (Å²) < 4.78 is 8.64. The lowest BCUT2D eigenvalue weighted by atomic mass is 9.38. The van der Waals surface area contributed by atoms with Crippen LogP contribution < -0.4 is 47.9 Å². The summed E-state index contributed by atoms with van der Waals surface area (Å²) >= 11 is 1.42. The van der Waals surface area contributed by atoms with E-state index in [2.05, 4.69) is 60.7 Å². The van der Waals surface area contributed by atoms with Gasteiger partial charge < -0.3 is 52.4 Å². The van der Waals surface area contributed by atoms with Gasteiger partial charge in [-0.25, -0.2) is 24.4 Å². The van der Waals surface area contributed by atoms with Crippen LogP contribution in [0.1, 0.15) is 148 Å². The Balaban J connectivity index is 0.655. The van der Waals surface area contributed by atoms with E-state index in [1.165, 1.54) is 23.5 Å². The number of aromatic carboxylic acids is 1. The summed E-state index contributed by atoms with van der Waals surface area (Å²) in [6.45, 7) is 13.2. The van der Waals surface area contributed by atoms with Gasteiger partial charge in [0, 0.05) is 98.0 Å². The van der Waals surface area contributed by atoms with E-state index in [1.807, 2.05) is 66.4 Å². The van der Waals surface area contributed by atoms with Crippen molar-refractivity contribution in [1.82, 2.24) is 51.2 Å². The molecule has 512 valence electrons. The van der Waals surface area contributed by atoms with Gasteiger partial charge in [-0.2, -0.15) is 5.10 Å². The second kappa shape index (κ2) is 29.0. The molecule has 6 aromatic rings. The number of aromatic nitrogens is 4. The molecular formula is C71H86N14O11S. The number of primary amides is 1. The first-order valence-electron chi connectivity index (χ1n) is 33.4. The van der Waals surface area contributed by atoms with E-state index in [-0.39, 0.29) is 89.6 Å². The number of carboxylic acid groups (broad SMARTS) is 1. The first-order valence-corrected chi connectivity index (χ1v) is 34.2. The number of alkyl carbamates (subject to hydrolysis) is 1. The Morgan fingerprint density at radius 3 is 2.24 bits per heavy atom. The number of thiazole rings is 1. The second-order valence-corrected chi connectivity index (χ2v) is 29.1. The van der Waals surface area contributed by atoms with Gasteiger partial charge in [0.15, 0.2) is 10.8 Å². The lowest BCUT2D eigenvalue weighted by Crippen LogP contribution is -2.68. The van der Waals surface area contributed by atoms with Crippen LogP contribution in [-0.2, 0) is 54.8 Å². The smallest absolute Gasteiger partial charge is 0.407 e. The van der Waals surface area contributed by atoms with Crippen LogP contribution >= 0.6 is 11.3 Å². The monoisotopic (exact) mass is 1340 g/mol. The molecule has 26 heteroatoms. The first-order chi connectivity index (χ1) is 46.4. The molecule has 4 atom stereocenters. The highest BCUT2D eigenvalue weighted by atomic mass is 32.1. The Morgan fingerprint density at radius 1 is 0.763 bits per heavy atom. The largest absolute Gasteiger partial charge is 0.476 e. The Morgan fingerprint density at radius 2 is 1.52 bits per heavy atom. The summed E-state index contributed by atoms with van der Waals surface area (Å²) in [5.41, 5.74) is 11.5. The van der Waals surface area contributed by atoms with Gasteiger partial charge in [-0.3, -0.25) is 43.7 Å². The molecule has 12 rings (SSSR count). The standard InChI is InChI=1S/C71H86N14O11S/c1-43(2)59(81-56(86)18-7-6-10-31-84-57(87)25-26-58(84)88)63(91)78-53(16-12-28-73-65(72)94)62(90)77-47-21-19-45(20-22-47)35-96-67(95)74-29-30-75-71-39-68(4)36-69(5,40-71)38-70(37-68,41-71)42-85-44(3)50(33-76-85)48-23-24-55(80-60(48)64(92)93)83-32-27-46-13-11-14-49(51(46)34-83)61(89)82-66-79-52-15-8-9-17-54(52)97-66/h8-9,11,13-15,17,19-26,33,43,53,59,75H,6-7,10,12,16,18,27-32,34-42H2,1-5H3,(H,74,95)(H,77,90)(H,78,91)(H,81,86)(H,92,93)(H3,72,73,94)(H,79,82,89)/t53-,59-,68?,69?,70?,71?/m0/s1. The number of amides is 9. The molecule has 3 aromatic heterocycles. The highest BCUT2D eigenvalue weighted by molar-refractivity contribution is 7.22. The number of imide groups is 1. The number of fused-ring (bicyclic) bond motifs is 2. The van der Waals surface area contributed by atoms with Gasteiger partial charge in [0.1, 0.15) is 24.5 Å². The molecule has 25 nitrogen and oxygen atoms in total. The minimum atomic E-state index is -1.15. The molecule has 10 N–H and O–H groups in total.